The van der Waals surface area contributed by atoms with Gasteiger partial charge in [-0.2, -0.15) is 0 Å². The molecule has 6 nitrogen and oxygen atoms in total. The largest absolute Gasteiger partial charge is 0.389 e. The summed E-state index contributed by atoms with van der Waals surface area (Å²) in [6.45, 7) is 2.10. The number of hydrogen-bond donors (Lipinski definition) is 2. The van der Waals surface area contributed by atoms with Gasteiger partial charge in [-0.25, -0.2) is 0 Å². The van der Waals surface area contributed by atoms with Gasteiger partial charge < -0.3 is 15.3 Å². The molecule has 0 saturated carbocycles. The van der Waals surface area contributed by atoms with E-state index in [-0.39, 0.29) is 24.4 Å². The van der Waals surface area contributed by atoms with Crippen LogP contribution in [0.4, 0.5) is 11.4 Å². The third-order valence-electron chi connectivity index (χ3n) is 5.86. The van der Waals surface area contributed by atoms with E-state index in [0.717, 1.165) is 16.8 Å². The summed E-state index contributed by atoms with van der Waals surface area (Å²) in [7, 11) is 3.85. The van der Waals surface area contributed by atoms with Crippen molar-refractivity contribution >= 4 is 23.2 Å². The lowest BCUT2D eigenvalue weighted by molar-refractivity contribution is 0.0693. The Morgan fingerprint density at radius 3 is 2.31 bits per heavy atom. The Bertz CT molecular complexity index is 1140. The molecule has 0 bridgehead atoms. The highest BCUT2D eigenvalue weighted by atomic mass is 16.3. The Morgan fingerprint density at radius 2 is 1.62 bits per heavy atom. The SMILES string of the molecule is Cc1ccccc1C(=O)Nc1ccc(C(=O)N2CC(O)C(N(C)C)c3ccccc32)cc1. The number of nitrogens with zero attached hydrogens (tertiary/aromatic N) is 2. The highest BCUT2D eigenvalue weighted by Crippen LogP contribution is 2.37. The highest BCUT2D eigenvalue weighted by Gasteiger charge is 2.36. The second-order valence-electron chi connectivity index (χ2n) is 8.30. The van der Waals surface area contributed by atoms with Crippen LogP contribution in [0.1, 0.15) is 37.9 Å². The van der Waals surface area contributed by atoms with Crippen LogP contribution in [0.5, 0.6) is 0 Å². The number of hydrogen-bond acceptors (Lipinski definition) is 4. The lowest BCUT2D eigenvalue weighted by Crippen LogP contribution is -2.48. The average molecular weight is 430 g/mol. The molecule has 0 aliphatic carbocycles. The van der Waals surface area contributed by atoms with Crippen molar-refractivity contribution in [2.75, 3.05) is 30.9 Å². The van der Waals surface area contributed by atoms with Crippen molar-refractivity contribution in [3.63, 3.8) is 0 Å². The van der Waals surface area contributed by atoms with E-state index in [2.05, 4.69) is 5.32 Å². The maximum atomic E-state index is 13.3. The number of nitrogens with one attached hydrogen (secondary N) is 1. The van der Waals surface area contributed by atoms with Gasteiger partial charge in [-0.05, 0) is 68.5 Å². The Morgan fingerprint density at radius 1 is 0.969 bits per heavy atom. The molecule has 32 heavy (non-hydrogen) atoms. The molecule has 164 valence electrons. The van der Waals surface area contributed by atoms with Crippen LogP contribution in [0.25, 0.3) is 0 Å². The number of benzene rings is 3. The molecule has 2 unspecified atom stereocenters. The van der Waals surface area contributed by atoms with Gasteiger partial charge in [-0.15, -0.1) is 0 Å². The second-order valence-corrected chi connectivity index (χ2v) is 8.30. The van der Waals surface area contributed by atoms with E-state index in [9.17, 15) is 14.7 Å². The van der Waals surface area contributed by atoms with Gasteiger partial charge in [-0.3, -0.25) is 14.5 Å². The fourth-order valence-corrected chi connectivity index (χ4v) is 4.27. The number of carbonyl (C=O) groups excluding carboxylic acids is 2. The molecule has 1 aliphatic heterocycles. The van der Waals surface area contributed by atoms with Gasteiger partial charge in [0.15, 0.2) is 0 Å². The van der Waals surface area contributed by atoms with Gasteiger partial charge >= 0.3 is 0 Å². The van der Waals surface area contributed by atoms with E-state index in [4.69, 9.17) is 0 Å². The van der Waals surface area contributed by atoms with Crippen molar-refractivity contribution in [3.05, 3.63) is 95.1 Å². The molecule has 0 radical (unpaired) electrons. The average Bonchev–Trinajstić information content (AvgIpc) is 2.78. The molecule has 1 heterocycles. The minimum atomic E-state index is -0.698. The predicted octanol–water partition coefficient (Wildman–Crippen LogP) is 3.87. The maximum Gasteiger partial charge on any atom is 0.258 e. The lowest BCUT2D eigenvalue weighted by Gasteiger charge is -2.40. The molecule has 2 amide bonds. The summed E-state index contributed by atoms with van der Waals surface area (Å²) in [6.07, 6.45) is -0.698. The van der Waals surface area contributed by atoms with Crippen molar-refractivity contribution < 1.29 is 14.7 Å². The number of para-hydroxylation sites is 1. The number of aliphatic hydroxyl groups is 1. The number of anilines is 2. The Kier molecular flexibility index (Phi) is 6.08. The summed E-state index contributed by atoms with van der Waals surface area (Å²) in [4.78, 5) is 29.4. The molecule has 1 aliphatic rings. The van der Waals surface area contributed by atoms with E-state index >= 15 is 0 Å². The summed E-state index contributed by atoms with van der Waals surface area (Å²) >= 11 is 0. The summed E-state index contributed by atoms with van der Waals surface area (Å²) in [5, 5.41) is 13.6. The monoisotopic (exact) mass is 429 g/mol. The Balaban J connectivity index is 1.55. The number of aryl methyl sites for hydroxylation is 1. The molecule has 6 heteroatoms. The number of aliphatic hydroxyl groups excluding tert-OH is 1. The van der Waals surface area contributed by atoms with Crippen molar-refractivity contribution in [1.82, 2.24) is 4.90 Å². The molecule has 0 spiro atoms. The van der Waals surface area contributed by atoms with E-state index in [0.29, 0.717) is 16.8 Å². The fourth-order valence-electron chi connectivity index (χ4n) is 4.27. The van der Waals surface area contributed by atoms with Gasteiger partial charge in [0.25, 0.3) is 11.8 Å². The van der Waals surface area contributed by atoms with Crippen molar-refractivity contribution in [2.45, 2.75) is 19.1 Å². The number of rotatable bonds is 4. The zero-order valence-electron chi connectivity index (χ0n) is 18.4. The molecule has 0 aromatic heterocycles. The molecule has 3 aromatic rings. The third kappa shape index (κ3) is 4.15. The minimum Gasteiger partial charge on any atom is -0.389 e. The van der Waals surface area contributed by atoms with Crippen LogP contribution in [-0.2, 0) is 0 Å². The second kappa shape index (κ2) is 8.94. The highest BCUT2D eigenvalue weighted by molar-refractivity contribution is 6.08. The summed E-state index contributed by atoms with van der Waals surface area (Å²) in [5.74, 6) is -0.379. The Labute approximate surface area is 188 Å². The molecule has 2 atom stereocenters. The standard InChI is InChI=1S/C26H27N3O3/c1-17-8-4-5-9-20(17)25(31)27-19-14-12-18(13-15-19)26(32)29-16-23(30)24(28(2)3)21-10-6-7-11-22(21)29/h4-15,23-24,30H,16H2,1-3H3,(H,27,31). The molecule has 4 rings (SSSR count). The van der Waals surface area contributed by atoms with Gasteiger partial charge in [0.2, 0.25) is 0 Å². The fraction of sp³-hybridized carbons (Fsp3) is 0.231. The first-order chi connectivity index (χ1) is 15.4. The maximum absolute atomic E-state index is 13.3. The zero-order chi connectivity index (χ0) is 22.8. The molecule has 3 aromatic carbocycles. The van der Waals surface area contributed by atoms with Crippen molar-refractivity contribution in [2.24, 2.45) is 0 Å². The van der Waals surface area contributed by atoms with Crippen LogP contribution >= 0.6 is 0 Å². The van der Waals surface area contributed by atoms with Crippen LogP contribution in [0.15, 0.2) is 72.8 Å². The van der Waals surface area contributed by atoms with Gasteiger partial charge in [-0.1, -0.05) is 36.4 Å². The van der Waals surface area contributed by atoms with E-state index in [1.54, 1.807) is 35.2 Å². The molecular formula is C26H27N3O3. The quantitative estimate of drug-likeness (QED) is 0.660. The normalized spacial score (nSPS) is 17.7. The number of β-amino-alcohol motifs (C(OH)–C–C–N with tert-alkyl or cyclic N) is 1. The molecular weight excluding hydrogens is 402 g/mol. The lowest BCUT2D eigenvalue weighted by atomic mass is 9.92. The number of fused-ring (bicyclic) bond motifs is 1. The van der Waals surface area contributed by atoms with Crippen molar-refractivity contribution in [1.29, 1.82) is 0 Å². The predicted molar refractivity (Wildman–Crippen MR) is 126 cm³/mol. The first-order valence-electron chi connectivity index (χ1n) is 10.6. The van der Waals surface area contributed by atoms with Crippen LogP contribution in [0, 0.1) is 6.92 Å². The zero-order valence-corrected chi connectivity index (χ0v) is 18.4. The number of likely N-dealkylation sites (N-methyl/N-ethyl adjacent to an activating group) is 1. The summed E-state index contributed by atoms with van der Waals surface area (Å²) < 4.78 is 0. The van der Waals surface area contributed by atoms with Gasteiger partial charge in [0.05, 0.1) is 18.7 Å². The van der Waals surface area contributed by atoms with E-state index in [1.807, 2.05) is 68.4 Å². The summed E-state index contributed by atoms with van der Waals surface area (Å²) in [6, 6.07) is 21.7. The van der Waals surface area contributed by atoms with E-state index in [1.165, 1.54) is 0 Å². The number of amides is 2. The topological polar surface area (TPSA) is 72.9 Å². The minimum absolute atomic E-state index is 0.172. The third-order valence-corrected chi connectivity index (χ3v) is 5.86. The summed E-state index contributed by atoms with van der Waals surface area (Å²) in [5.41, 5.74) is 4.34. The first-order valence-corrected chi connectivity index (χ1v) is 10.6. The first kappa shape index (κ1) is 21.7. The van der Waals surface area contributed by atoms with Crippen LogP contribution in [0.2, 0.25) is 0 Å². The van der Waals surface area contributed by atoms with Gasteiger partial charge in [0, 0.05) is 22.5 Å². The van der Waals surface area contributed by atoms with Crippen LogP contribution in [0.3, 0.4) is 0 Å². The smallest absolute Gasteiger partial charge is 0.258 e. The van der Waals surface area contributed by atoms with E-state index < -0.39 is 6.10 Å². The molecule has 0 fully saturated rings. The van der Waals surface area contributed by atoms with Crippen LogP contribution < -0.4 is 10.2 Å². The molecule has 0 saturated heterocycles. The number of carbonyl (C=O) groups is 2. The van der Waals surface area contributed by atoms with Crippen LogP contribution in [-0.4, -0.2) is 48.6 Å². The Hall–Kier alpha value is -3.48. The van der Waals surface area contributed by atoms with Crippen molar-refractivity contribution in [3.8, 4) is 0 Å². The molecule has 2 N–H and O–H groups in total. The van der Waals surface area contributed by atoms with Gasteiger partial charge in [0.1, 0.15) is 0 Å².